The summed E-state index contributed by atoms with van der Waals surface area (Å²) in [7, 11) is 12.5. The van der Waals surface area contributed by atoms with E-state index in [2.05, 4.69) is 36.4 Å². The van der Waals surface area contributed by atoms with E-state index in [1.165, 1.54) is 62.4 Å². The molecule has 5 amide bonds. The molecule has 2 fully saturated rings. The molecule has 0 radical (unpaired) electrons. The molecular weight excluding hydrogens is 1190 g/mol. The number of nitro groups is 1. The summed E-state index contributed by atoms with van der Waals surface area (Å²) in [5, 5.41) is 47.9. The summed E-state index contributed by atoms with van der Waals surface area (Å²) in [5.41, 5.74) is 5.85. The standard InChI is InChI=1S/C64H68N12O14S/c1-72(2)43-20-23-46-51(31-43)89-52-32-44(73(3)4)21-24-47(52)60(46)48-30-38(11-22-45(48)64(82)83)61(79)66-25-9-26-67-62(80)55-37-88-59(90-55)36-75-58(78)35-56(63(75)81)91-29-27-65-57(77)10-8-28-74(5)41-16-12-39(13-17-41)68-70-49-33-54(87-7)50(34-53(49)86-6)71-69-40-14-18-42(19-15-40)76(84)85/h11-24,30-34,55-56,59H,8-10,25-29,35-37H2,1-7H3,(H3-,65,66,67,77,79,80,82,83)/p+1. The molecule has 9 rings (SSSR count). The van der Waals surface area contributed by atoms with Crippen LogP contribution in [0, 0.1) is 10.1 Å². The van der Waals surface area contributed by atoms with E-state index < -0.39 is 52.2 Å². The first-order valence-electron chi connectivity index (χ1n) is 29.1. The van der Waals surface area contributed by atoms with Crippen LogP contribution in [0.3, 0.4) is 0 Å². The molecule has 1 aliphatic carbocycles. The normalized spacial score (nSPS) is 15.6. The van der Waals surface area contributed by atoms with E-state index in [4.69, 9.17) is 23.4 Å². The van der Waals surface area contributed by atoms with Gasteiger partial charge < -0.3 is 54.2 Å². The van der Waals surface area contributed by atoms with Crippen molar-refractivity contribution in [1.82, 2.24) is 25.4 Å². The van der Waals surface area contributed by atoms with E-state index in [1.807, 2.05) is 98.1 Å². The van der Waals surface area contributed by atoms with Crippen LogP contribution in [0.5, 0.6) is 11.5 Å². The van der Waals surface area contributed by atoms with Crippen molar-refractivity contribution in [3.8, 4) is 33.9 Å². The van der Waals surface area contributed by atoms with E-state index in [-0.39, 0.29) is 61.8 Å². The van der Waals surface area contributed by atoms with Crippen LogP contribution in [0.1, 0.15) is 46.4 Å². The molecule has 3 aliphatic heterocycles. The molecule has 4 N–H and O–H groups in total. The number of imide groups is 1. The third kappa shape index (κ3) is 16.2. The first-order valence-corrected chi connectivity index (χ1v) is 30.1. The number of methoxy groups -OCH3 is 2. The van der Waals surface area contributed by atoms with Crippen molar-refractivity contribution in [3.05, 3.63) is 142 Å². The Morgan fingerprint density at radius 2 is 1.44 bits per heavy atom. The number of carbonyl (C=O) groups is 6. The average molecular weight is 1260 g/mol. The monoisotopic (exact) mass is 1260 g/mol. The van der Waals surface area contributed by atoms with Crippen molar-refractivity contribution in [2.24, 2.45) is 20.5 Å². The number of rotatable bonds is 27. The molecule has 3 heterocycles. The van der Waals surface area contributed by atoms with Gasteiger partial charge in [-0.05, 0) is 91.2 Å². The number of nitro benzene ring substituents is 1. The number of carboxylic acid groups (broad SMARTS) is 1. The van der Waals surface area contributed by atoms with Crippen LogP contribution in [-0.2, 0) is 28.7 Å². The summed E-state index contributed by atoms with van der Waals surface area (Å²) < 4.78 is 30.9. The molecular formula is C64H69N12O14S+. The third-order valence-corrected chi connectivity index (χ3v) is 16.2. The number of nitrogens with zero attached hydrogens (tertiary/aromatic N) is 9. The predicted molar refractivity (Wildman–Crippen MR) is 342 cm³/mol. The third-order valence-electron chi connectivity index (χ3n) is 15.0. The summed E-state index contributed by atoms with van der Waals surface area (Å²) in [6, 6.07) is 32.1. The number of hydrogen-bond acceptors (Lipinski definition) is 20. The molecule has 26 nitrogen and oxygen atoms in total. The SMILES string of the molecule is COc1cc(N=Nc2ccc([N+](=O)[O-])cc2)c(OC)cc1N=Nc1ccc(N(C)CCCC(=O)NCCSC2CC(=O)N(CC3OCC(C(=O)NCCCNC(=O)c4ccc(C(=O)O)c(-c5c6ccc(=[N+](C)C)cc-6oc6cc(N(C)C)ccc56)c4)O3)C2=O)cc1. The lowest BCUT2D eigenvalue weighted by Crippen LogP contribution is -2.40. The van der Waals surface area contributed by atoms with E-state index in [9.17, 15) is 44.0 Å². The molecule has 474 valence electrons. The number of nitrogens with one attached hydrogen (secondary N) is 3. The summed E-state index contributed by atoms with van der Waals surface area (Å²) in [5.74, 6) is -1.34. The first-order chi connectivity index (χ1) is 43.8. The van der Waals surface area contributed by atoms with Gasteiger partial charge in [-0.2, -0.15) is 10.2 Å². The fraction of sp³-hybridized carbons (Fsp3) is 0.328. The number of amides is 5. The highest BCUT2D eigenvalue weighted by molar-refractivity contribution is 8.00. The van der Waals surface area contributed by atoms with Crippen molar-refractivity contribution in [1.29, 1.82) is 0 Å². The van der Waals surface area contributed by atoms with E-state index >= 15 is 0 Å². The summed E-state index contributed by atoms with van der Waals surface area (Å²) in [6.45, 7) is 0.961. The second-order valence-electron chi connectivity index (χ2n) is 21.6. The minimum atomic E-state index is -1.16. The Balaban J connectivity index is 0.664. The molecule has 0 saturated carbocycles. The maximum Gasteiger partial charge on any atom is 0.336 e. The molecule has 0 bridgehead atoms. The quantitative estimate of drug-likeness (QED) is 0.00712. The molecule has 0 aromatic heterocycles. The molecule has 2 saturated heterocycles. The highest BCUT2D eigenvalue weighted by atomic mass is 32.2. The van der Waals surface area contributed by atoms with Gasteiger partial charge in [0, 0.05) is 136 Å². The van der Waals surface area contributed by atoms with Crippen LogP contribution < -0.4 is 45.2 Å². The Morgan fingerprint density at radius 3 is 2.09 bits per heavy atom. The second-order valence-corrected chi connectivity index (χ2v) is 23.0. The number of benzene rings is 6. The lowest BCUT2D eigenvalue weighted by Gasteiger charge is -2.19. The van der Waals surface area contributed by atoms with E-state index in [0.29, 0.717) is 99.4 Å². The number of aromatic carboxylic acids is 1. The molecule has 3 atom stereocenters. The van der Waals surface area contributed by atoms with Crippen molar-refractivity contribution in [2.45, 2.75) is 43.3 Å². The minimum Gasteiger partial charge on any atom is -0.494 e. The van der Waals surface area contributed by atoms with Crippen molar-refractivity contribution >= 4 is 98.0 Å². The van der Waals surface area contributed by atoms with Crippen LogP contribution in [0.2, 0.25) is 0 Å². The molecule has 0 spiro atoms. The van der Waals surface area contributed by atoms with Crippen LogP contribution in [0.15, 0.2) is 140 Å². The van der Waals surface area contributed by atoms with Crippen LogP contribution in [0.4, 0.5) is 39.8 Å². The molecule has 91 heavy (non-hydrogen) atoms. The number of ether oxygens (including phenoxy) is 4. The number of fused-ring (bicyclic) bond motifs is 2. The number of anilines is 2. The summed E-state index contributed by atoms with van der Waals surface area (Å²) >= 11 is 1.27. The molecule has 3 unspecified atom stereocenters. The number of non-ortho nitro benzene ring substituents is 1. The van der Waals surface area contributed by atoms with Gasteiger partial charge in [-0.3, -0.25) is 39.0 Å². The largest absolute Gasteiger partial charge is 0.494 e. The van der Waals surface area contributed by atoms with Gasteiger partial charge in [0.15, 0.2) is 12.4 Å². The Hall–Kier alpha value is -10.1. The minimum absolute atomic E-state index is 0.0114. The predicted octanol–water partition coefficient (Wildman–Crippen LogP) is 8.63. The van der Waals surface area contributed by atoms with Gasteiger partial charge >= 0.3 is 5.97 Å². The number of azo groups is 2. The van der Waals surface area contributed by atoms with Gasteiger partial charge in [0.05, 0.1) is 60.5 Å². The Kier molecular flexibility index (Phi) is 21.5. The average Bonchev–Trinajstić information content (AvgIpc) is 1.35. The number of likely N-dealkylation sites (tertiary alicyclic amines) is 1. The fourth-order valence-electron chi connectivity index (χ4n) is 10.1. The lowest BCUT2D eigenvalue weighted by molar-refractivity contribution is -0.384. The van der Waals surface area contributed by atoms with Crippen molar-refractivity contribution < 1.29 is 62.2 Å². The van der Waals surface area contributed by atoms with Crippen LogP contribution >= 0.6 is 11.8 Å². The second kappa shape index (κ2) is 29.9. The van der Waals surface area contributed by atoms with Gasteiger partial charge in [-0.1, -0.05) is 0 Å². The Morgan fingerprint density at radius 1 is 0.769 bits per heavy atom. The van der Waals surface area contributed by atoms with Gasteiger partial charge in [-0.25, -0.2) is 9.37 Å². The molecule has 5 aromatic carbocycles. The fourth-order valence-corrected chi connectivity index (χ4v) is 11.1. The molecule has 5 aromatic rings. The van der Waals surface area contributed by atoms with Gasteiger partial charge in [0.2, 0.25) is 23.1 Å². The maximum atomic E-state index is 13.6. The highest BCUT2D eigenvalue weighted by Gasteiger charge is 2.42. The zero-order valence-corrected chi connectivity index (χ0v) is 52.0. The number of carbonyl (C=O) groups excluding carboxylic acids is 5. The van der Waals surface area contributed by atoms with Gasteiger partial charge in [-0.15, -0.1) is 22.0 Å². The van der Waals surface area contributed by atoms with E-state index in [1.54, 1.807) is 30.3 Å². The topological polar surface area (TPSA) is 314 Å². The maximum absolute atomic E-state index is 13.6. The lowest BCUT2D eigenvalue weighted by atomic mass is 9.89. The van der Waals surface area contributed by atoms with Crippen LogP contribution in [-0.4, -0.2) is 163 Å². The molecule has 27 heteroatoms. The zero-order chi connectivity index (χ0) is 64.9. The van der Waals surface area contributed by atoms with Gasteiger partial charge in [0.1, 0.15) is 48.3 Å². The summed E-state index contributed by atoms with van der Waals surface area (Å²) in [4.78, 5) is 94.0. The van der Waals surface area contributed by atoms with Crippen molar-refractivity contribution in [2.75, 3.05) is 104 Å². The van der Waals surface area contributed by atoms with Crippen LogP contribution in [0.25, 0.3) is 33.4 Å². The number of hydrogen-bond donors (Lipinski definition) is 4. The number of carboxylic acids is 1. The Labute approximate surface area is 527 Å². The van der Waals surface area contributed by atoms with E-state index in [0.717, 1.165) is 21.6 Å². The molecule has 4 aliphatic rings. The Bertz CT molecular complexity index is 3990. The zero-order valence-electron chi connectivity index (χ0n) is 51.2. The highest BCUT2D eigenvalue weighted by Crippen LogP contribution is 2.44. The van der Waals surface area contributed by atoms with Crippen molar-refractivity contribution in [3.63, 3.8) is 0 Å². The first kappa shape index (κ1) is 65.3. The smallest absolute Gasteiger partial charge is 0.336 e. The summed E-state index contributed by atoms with van der Waals surface area (Å²) in [6.07, 6.45) is -0.837. The van der Waals surface area contributed by atoms with Gasteiger partial charge in [0.25, 0.3) is 17.5 Å². The number of thioether (sulfide) groups is 1.